The van der Waals surface area contributed by atoms with Crippen molar-refractivity contribution >= 4 is 28.6 Å². The van der Waals surface area contributed by atoms with Crippen LogP contribution in [0.2, 0.25) is 0 Å². The third-order valence-electron chi connectivity index (χ3n) is 4.22. The van der Waals surface area contributed by atoms with E-state index in [-0.39, 0.29) is 11.4 Å². The number of terminal acetylenes is 1. The Balaban J connectivity index is 2.82. The summed E-state index contributed by atoms with van der Waals surface area (Å²) in [5.41, 5.74) is 0.336. The summed E-state index contributed by atoms with van der Waals surface area (Å²) < 4.78 is 6.18. The Kier molecular flexibility index (Phi) is 6.93. The maximum absolute atomic E-state index is 12.3. The van der Waals surface area contributed by atoms with Crippen molar-refractivity contribution in [3.63, 3.8) is 0 Å². The van der Waals surface area contributed by atoms with E-state index >= 15 is 0 Å². The highest BCUT2D eigenvalue weighted by molar-refractivity contribution is 14.1. The summed E-state index contributed by atoms with van der Waals surface area (Å²) >= 11 is 2.27. The minimum absolute atomic E-state index is 0.0796. The van der Waals surface area contributed by atoms with Crippen molar-refractivity contribution < 1.29 is 9.53 Å². The van der Waals surface area contributed by atoms with Gasteiger partial charge >= 0.3 is 5.97 Å². The summed E-state index contributed by atoms with van der Waals surface area (Å²) in [6, 6.07) is 8.07. The number of halogens is 1. The van der Waals surface area contributed by atoms with Crippen LogP contribution >= 0.6 is 22.6 Å². The first-order valence-electron chi connectivity index (χ1n) is 7.57. The van der Waals surface area contributed by atoms with Crippen molar-refractivity contribution in [3.05, 3.63) is 33.4 Å². The number of benzene rings is 1. The Bertz CT molecular complexity index is 557. The quantitative estimate of drug-likeness (QED) is 0.274. The van der Waals surface area contributed by atoms with Gasteiger partial charge in [-0.15, -0.1) is 12.3 Å². The first-order valence-corrected chi connectivity index (χ1v) is 8.65. The van der Waals surface area contributed by atoms with Crippen LogP contribution in [0.15, 0.2) is 24.3 Å². The highest BCUT2D eigenvalue weighted by Crippen LogP contribution is 2.33. The van der Waals surface area contributed by atoms with Crippen LogP contribution in [-0.4, -0.2) is 13.1 Å². The number of carbonyl (C=O) groups is 1. The fourth-order valence-electron chi connectivity index (χ4n) is 2.54. The van der Waals surface area contributed by atoms with Crippen molar-refractivity contribution in [2.24, 2.45) is 5.41 Å². The van der Waals surface area contributed by atoms with Gasteiger partial charge in [0.05, 0.1) is 12.5 Å². The van der Waals surface area contributed by atoms with Gasteiger partial charge in [0.25, 0.3) is 0 Å². The fourth-order valence-corrected chi connectivity index (χ4v) is 3.08. The van der Waals surface area contributed by atoms with Crippen LogP contribution in [-0.2, 0) is 14.9 Å². The summed E-state index contributed by atoms with van der Waals surface area (Å²) in [7, 11) is 1.45. The number of hydrogen-bond donors (Lipinski definition) is 0. The maximum Gasteiger partial charge on any atom is 0.315 e. The number of methoxy groups -OCH3 is 1. The smallest absolute Gasteiger partial charge is 0.315 e. The van der Waals surface area contributed by atoms with Gasteiger partial charge in [0, 0.05) is 8.99 Å². The van der Waals surface area contributed by atoms with Crippen LogP contribution in [0.5, 0.6) is 0 Å². The van der Waals surface area contributed by atoms with Gasteiger partial charge in [-0.25, -0.2) is 0 Å². The Morgan fingerprint density at radius 1 is 1.27 bits per heavy atom. The fraction of sp³-hybridized carbons (Fsp3) is 0.526. The number of hydrogen-bond acceptors (Lipinski definition) is 2. The van der Waals surface area contributed by atoms with E-state index in [1.54, 1.807) is 0 Å². The summed E-state index contributed by atoms with van der Waals surface area (Å²) in [5.74, 6) is 2.64. The number of rotatable bonds is 7. The molecule has 0 heterocycles. The van der Waals surface area contributed by atoms with E-state index in [1.165, 1.54) is 7.11 Å². The van der Waals surface area contributed by atoms with Crippen molar-refractivity contribution in [1.29, 1.82) is 0 Å². The molecule has 0 saturated heterocycles. The van der Waals surface area contributed by atoms with Gasteiger partial charge in [0.2, 0.25) is 0 Å². The molecular formula is C19H25IO2. The number of carbonyl (C=O) groups excluding carboxylic acids is 1. The number of esters is 1. The molecule has 1 unspecified atom stereocenters. The van der Waals surface area contributed by atoms with Crippen LogP contribution in [0.1, 0.15) is 52.0 Å². The standard InChI is InChI=1S/C19H25IO2/c1-6-18(2,3)12-7-8-13-19(4,17(21)22-5)15-10-9-11-16(20)14-15/h1,9-11,14H,7-8,12-13H2,2-5H3. The van der Waals surface area contributed by atoms with Gasteiger partial charge in [0.15, 0.2) is 0 Å². The van der Waals surface area contributed by atoms with Gasteiger partial charge in [-0.2, -0.15) is 0 Å². The lowest BCUT2D eigenvalue weighted by Crippen LogP contribution is -2.34. The average molecular weight is 412 g/mol. The van der Waals surface area contributed by atoms with E-state index in [0.29, 0.717) is 0 Å². The molecule has 0 aliphatic rings. The highest BCUT2D eigenvalue weighted by atomic mass is 127. The summed E-state index contributed by atoms with van der Waals surface area (Å²) in [5, 5.41) is 0. The van der Waals surface area contributed by atoms with Crippen molar-refractivity contribution in [1.82, 2.24) is 0 Å². The number of ether oxygens (including phenoxy) is 1. The third kappa shape index (κ3) is 5.01. The zero-order chi connectivity index (χ0) is 16.8. The largest absolute Gasteiger partial charge is 0.468 e. The average Bonchev–Trinajstić information content (AvgIpc) is 2.50. The molecule has 0 aliphatic heterocycles. The predicted octanol–water partition coefficient (Wildman–Crippen LogP) is 4.94. The Morgan fingerprint density at radius 2 is 1.91 bits per heavy atom. The second kappa shape index (κ2) is 8.01. The molecule has 22 heavy (non-hydrogen) atoms. The third-order valence-corrected chi connectivity index (χ3v) is 4.89. The first kappa shape index (κ1) is 19.0. The van der Waals surface area contributed by atoms with Gasteiger partial charge in [0.1, 0.15) is 0 Å². The lowest BCUT2D eigenvalue weighted by Gasteiger charge is -2.28. The lowest BCUT2D eigenvalue weighted by molar-refractivity contribution is -0.147. The molecular weight excluding hydrogens is 387 g/mol. The van der Waals surface area contributed by atoms with Crippen molar-refractivity contribution in [3.8, 4) is 12.3 Å². The molecule has 1 aromatic carbocycles. The molecule has 0 aliphatic carbocycles. The molecule has 2 nitrogen and oxygen atoms in total. The maximum atomic E-state index is 12.3. The molecule has 120 valence electrons. The van der Waals surface area contributed by atoms with Gasteiger partial charge in [-0.1, -0.05) is 25.0 Å². The van der Waals surface area contributed by atoms with Gasteiger partial charge in [-0.3, -0.25) is 4.79 Å². The molecule has 1 atom stereocenters. The van der Waals surface area contributed by atoms with E-state index in [1.807, 2.05) is 25.1 Å². The van der Waals surface area contributed by atoms with Crippen LogP contribution in [0, 0.1) is 21.3 Å². The molecule has 1 aromatic rings. The van der Waals surface area contributed by atoms with Crippen LogP contribution in [0.4, 0.5) is 0 Å². The summed E-state index contributed by atoms with van der Waals surface area (Å²) in [6.07, 6.45) is 9.21. The second-order valence-electron chi connectivity index (χ2n) is 6.57. The lowest BCUT2D eigenvalue weighted by atomic mass is 9.77. The molecule has 0 aromatic heterocycles. The highest BCUT2D eigenvalue weighted by Gasteiger charge is 2.36. The first-order chi connectivity index (χ1) is 10.2. The van der Waals surface area contributed by atoms with Crippen LogP contribution in [0.3, 0.4) is 0 Å². The van der Waals surface area contributed by atoms with E-state index in [0.717, 1.165) is 34.8 Å². The van der Waals surface area contributed by atoms with E-state index in [2.05, 4.69) is 48.4 Å². The molecule has 0 amide bonds. The predicted molar refractivity (Wildman–Crippen MR) is 99.6 cm³/mol. The zero-order valence-electron chi connectivity index (χ0n) is 13.9. The SMILES string of the molecule is C#CC(C)(C)CCCCC(C)(C(=O)OC)c1cccc(I)c1. The molecule has 1 rings (SSSR count). The van der Waals surface area contributed by atoms with Crippen molar-refractivity contribution in [2.45, 2.75) is 51.9 Å². The summed E-state index contributed by atoms with van der Waals surface area (Å²) in [6.45, 7) is 6.12. The van der Waals surface area contributed by atoms with Crippen LogP contribution in [0.25, 0.3) is 0 Å². The molecule has 0 N–H and O–H groups in total. The minimum atomic E-state index is -0.601. The summed E-state index contributed by atoms with van der Waals surface area (Å²) in [4.78, 5) is 12.3. The van der Waals surface area contributed by atoms with Gasteiger partial charge < -0.3 is 4.74 Å². The minimum Gasteiger partial charge on any atom is -0.468 e. The number of unbranched alkanes of at least 4 members (excludes halogenated alkanes) is 1. The van der Waals surface area contributed by atoms with E-state index in [4.69, 9.17) is 11.2 Å². The molecule has 0 bridgehead atoms. The topological polar surface area (TPSA) is 26.3 Å². The Morgan fingerprint density at radius 3 is 2.45 bits per heavy atom. The molecule has 0 radical (unpaired) electrons. The van der Waals surface area contributed by atoms with Crippen LogP contribution < -0.4 is 0 Å². The van der Waals surface area contributed by atoms with Crippen molar-refractivity contribution in [2.75, 3.05) is 7.11 Å². The van der Waals surface area contributed by atoms with E-state index < -0.39 is 5.41 Å². The zero-order valence-corrected chi connectivity index (χ0v) is 16.1. The normalized spacial score (nSPS) is 14.0. The Hall–Kier alpha value is -1.02. The molecule has 0 saturated carbocycles. The van der Waals surface area contributed by atoms with E-state index in [9.17, 15) is 4.79 Å². The molecule has 3 heteroatoms. The molecule has 0 fully saturated rings. The second-order valence-corrected chi connectivity index (χ2v) is 7.81. The Labute approximate surface area is 148 Å². The van der Waals surface area contributed by atoms with Gasteiger partial charge in [-0.05, 0) is 73.9 Å². The molecule has 0 spiro atoms. The monoisotopic (exact) mass is 412 g/mol.